The van der Waals surface area contributed by atoms with Crippen LogP contribution in [0.3, 0.4) is 0 Å². The number of phenols is 2. The van der Waals surface area contributed by atoms with Gasteiger partial charge in [-0.25, -0.2) is 0 Å². The van der Waals surface area contributed by atoms with Crippen molar-refractivity contribution >= 4 is 0 Å². The summed E-state index contributed by atoms with van der Waals surface area (Å²) in [6.45, 7) is 0. The van der Waals surface area contributed by atoms with Crippen LogP contribution in [0.1, 0.15) is 5.56 Å². The molecule has 0 unspecified atom stereocenters. The van der Waals surface area contributed by atoms with Gasteiger partial charge in [-0.2, -0.15) is 13.2 Å². The van der Waals surface area contributed by atoms with Crippen molar-refractivity contribution in [1.82, 2.24) is 0 Å². The molecule has 6 heteroatoms. The molecule has 1 rings (SSSR count). The van der Waals surface area contributed by atoms with Crippen LogP contribution < -0.4 is 4.74 Å². The maximum atomic E-state index is 12.3. The van der Waals surface area contributed by atoms with Crippen molar-refractivity contribution in [3.05, 3.63) is 17.7 Å². The van der Waals surface area contributed by atoms with Gasteiger partial charge in [-0.15, -0.1) is 0 Å². The van der Waals surface area contributed by atoms with Crippen molar-refractivity contribution in [1.29, 1.82) is 0 Å². The van der Waals surface area contributed by atoms with Crippen LogP contribution >= 0.6 is 0 Å². The highest BCUT2D eigenvalue weighted by Crippen LogP contribution is 2.44. The average molecular weight is 208 g/mol. The Morgan fingerprint density at radius 1 is 1.21 bits per heavy atom. The molecule has 0 radical (unpaired) electrons. The third-order valence-corrected chi connectivity index (χ3v) is 1.62. The first kappa shape index (κ1) is 10.5. The van der Waals surface area contributed by atoms with Crippen LogP contribution in [0.25, 0.3) is 0 Å². The van der Waals surface area contributed by atoms with E-state index in [4.69, 9.17) is 10.2 Å². The molecule has 0 amide bonds. The Morgan fingerprint density at radius 2 is 1.79 bits per heavy atom. The van der Waals surface area contributed by atoms with E-state index < -0.39 is 29.0 Å². The van der Waals surface area contributed by atoms with Gasteiger partial charge in [0.25, 0.3) is 0 Å². The van der Waals surface area contributed by atoms with Crippen molar-refractivity contribution in [2.75, 3.05) is 7.11 Å². The Balaban J connectivity index is 3.39. The summed E-state index contributed by atoms with van der Waals surface area (Å²) in [6, 6.07) is 1.38. The third-order valence-electron chi connectivity index (χ3n) is 1.62. The van der Waals surface area contributed by atoms with Gasteiger partial charge in [0.1, 0.15) is 5.56 Å². The molecular formula is C8H7F3O3. The fourth-order valence-corrected chi connectivity index (χ4v) is 0.991. The molecule has 0 aliphatic carbocycles. The number of benzene rings is 1. The number of hydrogen-bond acceptors (Lipinski definition) is 3. The first-order valence-electron chi connectivity index (χ1n) is 3.54. The molecule has 14 heavy (non-hydrogen) atoms. The lowest BCUT2D eigenvalue weighted by molar-refractivity contribution is -0.138. The maximum absolute atomic E-state index is 12.3. The zero-order valence-corrected chi connectivity index (χ0v) is 7.09. The molecule has 1 aromatic rings. The minimum atomic E-state index is -4.63. The molecule has 78 valence electrons. The zero-order chi connectivity index (χ0) is 10.9. The Bertz CT molecular complexity index is 346. The summed E-state index contributed by atoms with van der Waals surface area (Å²) < 4.78 is 41.2. The summed E-state index contributed by atoms with van der Waals surface area (Å²) in [5.74, 6) is -2.35. The molecular weight excluding hydrogens is 201 g/mol. The Labute approximate surface area is 77.4 Å². The smallest absolute Gasteiger partial charge is 0.420 e. The zero-order valence-electron chi connectivity index (χ0n) is 7.09. The van der Waals surface area contributed by atoms with Gasteiger partial charge in [0.15, 0.2) is 11.5 Å². The second-order valence-electron chi connectivity index (χ2n) is 2.51. The van der Waals surface area contributed by atoms with Crippen molar-refractivity contribution in [3.8, 4) is 17.2 Å². The highest BCUT2D eigenvalue weighted by molar-refractivity contribution is 5.54. The fraction of sp³-hybridized carbons (Fsp3) is 0.250. The van der Waals surface area contributed by atoms with Crippen molar-refractivity contribution in [2.45, 2.75) is 6.18 Å². The van der Waals surface area contributed by atoms with Gasteiger partial charge in [-0.3, -0.25) is 0 Å². The van der Waals surface area contributed by atoms with E-state index in [0.717, 1.165) is 13.2 Å². The van der Waals surface area contributed by atoms with Gasteiger partial charge in [-0.1, -0.05) is 0 Å². The van der Waals surface area contributed by atoms with E-state index in [1.807, 2.05) is 0 Å². The standard InChI is InChI=1S/C8H7F3O3/c1-14-7-4(8(9,10)11)2-3-5(12)6(7)13/h2-3,12-13H,1H3. The number of halogens is 3. The molecule has 1 aromatic carbocycles. The Hall–Kier alpha value is -1.59. The predicted molar refractivity (Wildman–Crippen MR) is 41.3 cm³/mol. The van der Waals surface area contributed by atoms with Gasteiger partial charge in [-0.05, 0) is 12.1 Å². The van der Waals surface area contributed by atoms with Crippen molar-refractivity contribution in [3.63, 3.8) is 0 Å². The third kappa shape index (κ3) is 1.68. The fourth-order valence-electron chi connectivity index (χ4n) is 0.991. The first-order valence-corrected chi connectivity index (χ1v) is 3.54. The second-order valence-corrected chi connectivity index (χ2v) is 2.51. The normalized spacial score (nSPS) is 11.4. The topological polar surface area (TPSA) is 49.7 Å². The number of hydrogen-bond donors (Lipinski definition) is 2. The van der Waals surface area contributed by atoms with E-state index in [0.29, 0.717) is 6.07 Å². The molecule has 0 aromatic heterocycles. The van der Waals surface area contributed by atoms with E-state index in [9.17, 15) is 13.2 Å². The molecule has 0 saturated heterocycles. The SMILES string of the molecule is COc1c(C(F)(F)F)ccc(O)c1O. The van der Waals surface area contributed by atoms with E-state index in [-0.39, 0.29) is 0 Å². The Kier molecular flexibility index (Phi) is 2.46. The number of phenolic OH excluding ortho intramolecular Hbond substituents is 2. The summed E-state index contributed by atoms with van der Waals surface area (Å²) in [5.41, 5.74) is -1.13. The van der Waals surface area contributed by atoms with E-state index in [1.165, 1.54) is 0 Å². The molecule has 2 N–H and O–H groups in total. The summed E-state index contributed by atoms with van der Waals surface area (Å²) in [7, 11) is 0.976. The molecule has 0 fully saturated rings. The quantitative estimate of drug-likeness (QED) is 0.695. The number of aromatic hydroxyl groups is 2. The van der Waals surface area contributed by atoms with Gasteiger partial charge in [0.2, 0.25) is 5.75 Å². The number of rotatable bonds is 1. The van der Waals surface area contributed by atoms with Crippen LogP contribution in [0, 0.1) is 0 Å². The van der Waals surface area contributed by atoms with Gasteiger partial charge >= 0.3 is 6.18 Å². The van der Waals surface area contributed by atoms with Crippen LogP contribution in [0.2, 0.25) is 0 Å². The van der Waals surface area contributed by atoms with Gasteiger partial charge < -0.3 is 14.9 Å². The first-order chi connectivity index (χ1) is 6.38. The van der Waals surface area contributed by atoms with E-state index >= 15 is 0 Å². The van der Waals surface area contributed by atoms with Gasteiger partial charge in [0.05, 0.1) is 7.11 Å². The number of ether oxygens (including phenoxy) is 1. The lowest BCUT2D eigenvalue weighted by Crippen LogP contribution is -2.07. The van der Waals surface area contributed by atoms with Crippen LogP contribution in [-0.4, -0.2) is 17.3 Å². The van der Waals surface area contributed by atoms with Crippen molar-refractivity contribution in [2.24, 2.45) is 0 Å². The molecule has 0 aliphatic rings. The summed E-state index contributed by atoms with van der Waals surface area (Å²) in [6.07, 6.45) is -4.63. The molecule has 0 atom stereocenters. The number of methoxy groups -OCH3 is 1. The second kappa shape index (κ2) is 3.28. The average Bonchev–Trinajstić information content (AvgIpc) is 2.07. The summed E-state index contributed by atoms with van der Waals surface area (Å²) >= 11 is 0. The molecule has 0 heterocycles. The molecule has 0 aliphatic heterocycles. The van der Waals surface area contributed by atoms with E-state index in [2.05, 4.69) is 4.74 Å². The predicted octanol–water partition coefficient (Wildman–Crippen LogP) is 2.13. The molecule has 0 spiro atoms. The van der Waals surface area contributed by atoms with Crippen molar-refractivity contribution < 1.29 is 28.1 Å². The molecule has 0 saturated carbocycles. The minimum Gasteiger partial charge on any atom is -0.504 e. The van der Waals surface area contributed by atoms with Crippen LogP contribution in [0.5, 0.6) is 17.2 Å². The highest BCUT2D eigenvalue weighted by atomic mass is 19.4. The number of alkyl halides is 3. The summed E-state index contributed by atoms with van der Waals surface area (Å²) in [5, 5.41) is 18.0. The summed E-state index contributed by atoms with van der Waals surface area (Å²) in [4.78, 5) is 0. The molecule has 3 nitrogen and oxygen atoms in total. The van der Waals surface area contributed by atoms with Gasteiger partial charge in [0, 0.05) is 0 Å². The maximum Gasteiger partial charge on any atom is 0.420 e. The minimum absolute atomic E-state index is 0.633. The monoisotopic (exact) mass is 208 g/mol. The Morgan fingerprint density at radius 3 is 2.21 bits per heavy atom. The highest BCUT2D eigenvalue weighted by Gasteiger charge is 2.36. The van der Waals surface area contributed by atoms with Crippen LogP contribution in [-0.2, 0) is 6.18 Å². The van der Waals surface area contributed by atoms with E-state index in [1.54, 1.807) is 0 Å². The van der Waals surface area contributed by atoms with Crippen LogP contribution in [0.15, 0.2) is 12.1 Å². The largest absolute Gasteiger partial charge is 0.504 e. The van der Waals surface area contributed by atoms with Crippen LogP contribution in [0.4, 0.5) is 13.2 Å². The lowest BCUT2D eigenvalue weighted by atomic mass is 10.1. The molecule has 0 bridgehead atoms. The lowest BCUT2D eigenvalue weighted by Gasteiger charge is -2.13.